The number of nitrogens with zero attached hydrogens (tertiary/aromatic N) is 3. The van der Waals surface area contributed by atoms with E-state index in [0.29, 0.717) is 10.7 Å². The lowest BCUT2D eigenvalue weighted by molar-refractivity contribution is -0.119. The van der Waals surface area contributed by atoms with Crippen LogP contribution >= 0.6 is 22.9 Å². The van der Waals surface area contributed by atoms with Gasteiger partial charge < -0.3 is 5.32 Å². The number of aromatic nitrogens is 3. The molecule has 0 aliphatic carbocycles. The predicted octanol–water partition coefficient (Wildman–Crippen LogP) is 2.99. The molecule has 0 aliphatic rings. The van der Waals surface area contributed by atoms with Crippen molar-refractivity contribution in [2.45, 2.75) is 17.9 Å². The third-order valence-electron chi connectivity index (χ3n) is 3.43. The van der Waals surface area contributed by atoms with Crippen molar-refractivity contribution in [1.29, 1.82) is 0 Å². The Morgan fingerprint density at radius 1 is 1.31 bits per heavy atom. The molecule has 3 aromatic rings. The van der Waals surface area contributed by atoms with Crippen molar-refractivity contribution < 1.29 is 13.2 Å². The Labute approximate surface area is 158 Å². The molecule has 136 valence electrons. The first-order valence-corrected chi connectivity index (χ1v) is 10.1. The van der Waals surface area contributed by atoms with E-state index in [9.17, 15) is 13.2 Å². The second-order valence-corrected chi connectivity index (χ2v) is 8.28. The van der Waals surface area contributed by atoms with Crippen LogP contribution in [-0.4, -0.2) is 29.1 Å². The van der Waals surface area contributed by atoms with Gasteiger partial charge in [-0.2, -0.15) is 5.10 Å². The summed E-state index contributed by atoms with van der Waals surface area (Å²) in [7, 11) is -3.73. The molecule has 3 rings (SSSR count). The molecule has 0 saturated heterocycles. The van der Waals surface area contributed by atoms with Crippen LogP contribution < -0.4 is 10.0 Å². The second kappa shape index (κ2) is 7.44. The molecule has 0 aliphatic heterocycles. The first kappa shape index (κ1) is 18.4. The molecule has 2 aromatic heterocycles. The maximum absolute atomic E-state index is 12.3. The van der Waals surface area contributed by atoms with Crippen LogP contribution in [0.4, 0.5) is 10.8 Å². The van der Waals surface area contributed by atoms with E-state index in [1.165, 1.54) is 52.7 Å². The minimum atomic E-state index is -3.73. The van der Waals surface area contributed by atoms with Crippen LogP contribution in [0.15, 0.2) is 53.1 Å². The number of carbonyl (C=O) groups is 1. The lowest BCUT2D eigenvalue weighted by Crippen LogP contribution is -2.24. The predicted molar refractivity (Wildman–Crippen MR) is 99.9 cm³/mol. The van der Waals surface area contributed by atoms with Gasteiger partial charge in [-0.15, -0.1) is 11.3 Å². The molecular weight excluding hydrogens is 398 g/mol. The van der Waals surface area contributed by atoms with E-state index in [1.807, 2.05) is 0 Å². The van der Waals surface area contributed by atoms with Gasteiger partial charge in [-0.3, -0.25) is 14.2 Å². The molecule has 1 amide bonds. The van der Waals surface area contributed by atoms with E-state index in [0.717, 1.165) is 0 Å². The molecule has 2 N–H and O–H groups in total. The summed E-state index contributed by atoms with van der Waals surface area (Å²) in [4.78, 5) is 16.2. The van der Waals surface area contributed by atoms with Gasteiger partial charge in [0.25, 0.3) is 10.0 Å². The number of hydrogen-bond donors (Lipinski definition) is 2. The van der Waals surface area contributed by atoms with Crippen molar-refractivity contribution in [2.75, 3.05) is 10.0 Å². The SMILES string of the molecule is CC(C(=O)Nc1ccc(S(=O)(=O)Nc2nccs2)cc1)n1cc(Cl)cn1. The molecule has 8 nitrogen and oxygen atoms in total. The van der Waals surface area contributed by atoms with E-state index in [4.69, 9.17) is 11.6 Å². The summed E-state index contributed by atoms with van der Waals surface area (Å²) >= 11 is 6.98. The number of benzene rings is 1. The number of hydrogen-bond acceptors (Lipinski definition) is 6. The fraction of sp³-hybridized carbons (Fsp3) is 0.133. The van der Waals surface area contributed by atoms with Crippen molar-refractivity contribution in [2.24, 2.45) is 0 Å². The highest BCUT2D eigenvalue weighted by Gasteiger charge is 2.18. The number of amides is 1. The van der Waals surface area contributed by atoms with E-state index < -0.39 is 16.1 Å². The third kappa shape index (κ3) is 4.21. The van der Waals surface area contributed by atoms with Gasteiger partial charge in [0.1, 0.15) is 6.04 Å². The van der Waals surface area contributed by atoms with Crippen molar-refractivity contribution in [3.05, 3.63) is 53.3 Å². The molecule has 0 saturated carbocycles. The van der Waals surface area contributed by atoms with Crippen LogP contribution in [0.1, 0.15) is 13.0 Å². The van der Waals surface area contributed by atoms with Crippen LogP contribution in [0.25, 0.3) is 0 Å². The fourth-order valence-corrected chi connectivity index (χ4v) is 3.99. The largest absolute Gasteiger partial charge is 0.324 e. The van der Waals surface area contributed by atoms with Crippen molar-refractivity contribution in [1.82, 2.24) is 14.8 Å². The highest BCUT2D eigenvalue weighted by atomic mass is 35.5. The summed E-state index contributed by atoms with van der Waals surface area (Å²) in [5.41, 5.74) is 0.466. The van der Waals surface area contributed by atoms with Gasteiger partial charge in [-0.05, 0) is 31.2 Å². The van der Waals surface area contributed by atoms with Gasteiger partial charge in [0, 0.05) is 23.5 Å². The van der Waals surface area contributed by atoms with Gasteiger partial charge in [0.2, 0.25) is 5.91 Å². The molecule has 1 aromatic carbocycles. The van der Waals surface area contributed by atoms with E-state index >= 15 is 0 Å². The van der Waals surface area contributed by atoms with Gasteiger partial charge in [0.05, 0.1) is 16.1 Å². The van der Waals surface area contributed by atoms with Gasteiger partial charge in [-0.25, -0.2) is 13.4 Å². The smallest absolute Gasteiger partial charge is 0.263 e. The Morgan fingerprint density at radius 3 is 2.62 bits per heavy atom. The zero-order valence-electron chi connectivity index (χ0n) is 13.5. The Hall–Kier alpha value is -2.43. The molecular formula is C15H14ClN5O3S2. The Bertz CT molecular complexity index is 1000. The molecule has 26 heavy (non-hydrogen) atoms. The topological polar surface area (TPSA) is 106 Å². The molecule has 1 atom stereocenters. The van der Waals surface area contributed by atoms with E-state index in [1.54, 1.807) is 18.5 Å². The highest BCUT2D eigenvalue weighted by molar-refractivity contribution is 7.93. The number of nitrogens with one attached hydrogen (secondary N) is 2. The van der Waals surface area contributed by atoms with Crippen molar-refractivity contribution in [3.63, 3.8) is 0 Å². The number of halogens is 1. The summed E-state index contributed by atoms with van der Waals surface area (Å²) in [6.45, 7) is 1.68. The van der Waals surface area contributed by atoms with Crippen LogP contribution in [0.3, 0.4) is 0 Å². The number of rotatable bonds is 6. The monoisotopic (exact) mass is 411 g/mol. The molecule has 0 spiro atoms. The summed E-state index contributed by atoms with van der Waals surface area (Å²) in [5, 5.41) is 9.09. The quantitative estimate of drug-likeness (QED) is 0.648. The first-order chi connectivity index (χ1) is 12.3. The maximum atomic E-state index is 12.3. The average molecular weight is 412 g/mol. The van der Waals surface area contributed by atoms with Crippen LogP contribution in [0.5, 0.6) is 0 Å². The van der Waals surface area contributed by atoms with Crippen LogP contribution in [0, 0.1) is 0 Å². The Morgan fingerprint density at radius 2 is 2.04 bits per heavy atom. The lowest BCUT2D eigenvalue weighted by Gasteiger charge is -2.13. The van der Waals surface area contributed by atoms with Crippen molar-refractivity contribution >= 4 is 49.7 Å². The molecule has 0 radical (unpaired) electrons. The van der Waals surface area contributed by atoms with E-state index in [-0.39, 0.29) is 15.9 Å². The van der Waals surface area contributed by atoms with Gasteiger partial charge in [-0.1, -0.05) is 11.6 Å². The third-order valence-corrected chi connectivity index (χ3v) is 5.80. The maximum Gasteiger partial charge on any atom is 0.263 e. The Kier molecular flexibility index (Phi) is 5.25. The molecule has 1 unspecified atom stereocenters. The van der Waals surface area contributed by atoms with Gasteiger partial charge in [0.15, 0.2) is 5.13 Å². The average Bonchev–Trinajstić information content (AvgIpc) is 3.26. The molecule has 2 heterocycles. The zero-order chi connectivity index (χ0) is 18.7. The first-order valence-electron chi connectivity index (χ1n) is 7.38. The fourth-order valence-electron chi connectivity index (χ4n) is 2.06. The summed E-state index contributed by atoms with van der Waals surface area (Å²) < 4.78 is 28.4. The number of carbonyl (C=O) groups excluding carboxylic acids is 1. The summed E-state index contributed by atoms with van der Waals surface area (Å²) in [6.07, 6.45) is 4.50. The second-order valence-electron chi connectivity index (χ2n) is 5.27. The zero-order valence-corrected chi connectivity index (χ0v) is 15.8. The molecule has 0 bridgehead atoms. The number of anilines is 2. The summed E-state index contributed by atoms with van der Waals surface area (Å²) in [6, 6.07) is 5.26. The Balaban J connectivity index is 1.68. The normalized spacial score (nSPS) is 12.5. The number of thiazole rings is 1. The van der Waals surface area contributed by atoms with Gasteiger partial charge >= 0.3 is 0 Å². The minimum absolute atomic E-state index is 0.0672. The summed E-state index contributed by atoms with van der Waals surface area (Å²) in [5.74, 6) is -0.304. The molecule has 11 heteroatoms. The highest BCUT2D eigenvalue weighted by Crippen LogP contribution is 2.20. The minimum Gasteiger partial charge on any atom is -0.324 e. The molecule has 0 fully saturated rings. The van der Waals surface area contributed by atoms with Crippen molar-refractivity contribution in [3.8, 4) is 0 Å². The number of sulfonamides is 1. The van der Waals surface area contributed by atoms with Crippen LogP contribution in [-0.2, 0) is 14.8 Å². The van der Waals surface area contributed by atoms with Crippen LogP contribution in [0.2, 0.25) is 5.02 Å². The lowest BCUT2D eigenvalue weighted by atomic mass is 10.2. The van der Waals surface area contributed by atoms with E-state index in [2.05, 4.69) is 20.1 Å². The standard InChI is InChI=1S/C15H14ClN5O3S2/c1-10(21-9-11(16)8-18-21)14(22)19-12-2-4-13(5-3-12)26(23,24)20-15-17-6-7-25-15/h2-10H,1H3,(H,17,20)(H,19,22).